The Kier molecular flexibility index (Phi) is 6.47. The molecule has 19 heavy (non-hydrogen) atoms. The van der Waals surface area contributed by atoms with E-state index in [1.54, 1.807) is 10.9 Å². The molecule has 0 aromatic carbocycles. The Balaban J connectivity index is 2.32. The second kappa shape index (κ2) is 7.62. The Morgan fingerprint density at radius 3 is 2.68 bits per heavy atom. The van der Waals surface area contributed by atoms with Gasteiger partial charge >= 0.3 is 0 Å². The summed E-state index contributed by atoms with van der Waals surface area (Å²) in [4.78, 5) is 0. The van der Waals surface area contributed by atoms with Crippen molar-refractivity contribution in [3.8, 4) is 0 Å². The minimum atomic E-state index is -3.19. The smallest absolute Gasteiger partial charge is 0.211 e. The third kappa shape index (κ3) is 5.71. The number of hydrogen-bond acceptors (Lipinski definition) is 4. The van der Waals surface area contributed by atoms with E-state index in [1.807, 2.05) is 20.9 Å². The van der Waals surface area contributed by atoms with Crippen molar-refractivity contribution < 1.29 is 8.42 Å². The number of nitrogens with one attached hydrogen (secondary N) is 2. The minimum absolute atomic E-state index is 0.178. The zero-order valence-corrected chi connectivity index (χ0v) is 12.8. The van der Waals surface area contributed by atoms with Crippen LogP contribution < -0.4 is 10.0 Å². The van der Waals surface area contributed by atoms with Crippen LogP contribution in [0.1, 0.15) is 31.0 Å². The Labute approximate surface area is 115 Å². The predicted octanol–water partition coefficient (Wildman–Crippen LogP) is 0.538. The third-order valence-corrected chi connectivity index (χ3v) is 4.50. The molecule has 0 aliphatic heterocycles. The SMILES string of the molecule is CCNCCCCS(=O)(=O)NCc1cnn(C)c1C. The molecule has 7 heteroatoms. The molecule has 0 radical (unpaired) electrons. The highest BCUT2D eigenvalue weighted by atomic mass is 32.2. The molecule has 0 amide bonds. The zero-order chi connectivity index (χ0) is 14.3. The maximum absolute atomic E-state index is 11.8. The van der Waals surface area contributed by atoms with Crippen molar-refractivity contribution in [2.75, 3.05) is 18.8 Å². The van der Waals surface area contributed by atoms with Gasteiger partial charge in [-0.2, -0.15) is 5.10 Å². The van der Waals surface area contributed by atoms with Crippen LogP contribution in [0.15, 0.2) is 6.20 Å². The van der Waals surface area contributed by atoms with Crippen molar-refractivity contribution in [1.29, 1.82) is 0 Å². The Bertz CT molecular complexity index is 482. The van der Waals surface area contributed by atoms with Crippen molar-refractivity contribution in [3.05, 3.63) is 17.5 Å². The van der Waals surface area contributed by atoms with Gasteiger partial charge in [-0.25, -0.2) is 13.1 Å². The van der Waals surface area contributed by atoms with Gasteiger partial charge in [0.05, 0.1) is 11.9 Å². The van der Waals surface area contributed by atoms with Crippen LogP contribution in [0, 0.1) is 6.92 Å². The fourth-order valence-corrected chi connectivity index (χ4v) is 2.80. The molecule has 0 aliphatic rings. The lowest BCUT2D eigenvalue weighted by atomic mass is 10.3. The summed E-state index contributed by atoms with van der Waals surface area (Å²) in [5.74, 6) is 0.178. The van der Waals surface area contributed by atoms with Crippen molar-refractivity contribution in [3.63, 3.8) is 0 Å². The predicted molar refractivity (Wildman–Crippen MR) is 76.3 cm³/mol. The van der Waals surface area contributed by atoms with E-state index in [0.717, 1.165) is 30.8 Å². The molecule has 0 aliphatic carbocycles. The molecule has 0 fully saturated rings. The van der Waals surface area contributed by atoms with Crippen LogP contribution in [0.25, 0.3) is 0 Å². The number of aryl methyl sites for hydroxylation is 1. The molecule has 6 nitrogen and oxygen atoms in total. The lowest BCUT2D eigenvalue weighted by Crippen LogP contribution is -2.26. The summed E-state index contributed by atoms with van der Waals surface area (Å²) in [5.41, 5.74) is 1.90. The quantitative estimate of drug-likeness (QED) is 0.650. The molecule has 1 rings (SSSR count). The lowest BCUT2D eigenvalue weighted by Gasteiger charge is -2.06. The van der Waals surface area contributed by atoms with Crippen molar-refractivity contribution in [2.24, 2.45) is 7.05 Å². The van der Waals surface area contributed by atoms with Crippen molar-refractivity contribution in [2.45, 2.75) is 33.2 Å². The molecule has 0 saturated heterocycles. The molecule has 110 valence electrons. The summed E-state index contributed by atoms with van der Waals surface area (Å²) in [6, 6.07) is 0. The van der Waals surface area contributed by atoms with Gasteiger partial charge in [0, 0.05) is 24.8 Å². The van der Waals surface area contributed by atoms with Gasteiger partial charge in [0.25, 0.3) is 0 Å². The van der Waals surface area contributed by atoms with Crippen LogP contribution in [-0.4, -0.2) is 37.0 Å². The number of aromatic nitrogens is 2. The Morgan fingerprint density at radius 1 is 1.37 bits per heavy atom. The van der Waals surface area contributed by atoms with Crippen LogP contribution in [-0.2, 0) is 23.6 Å². The molecule has 1 aromatic heterocycles. The first-order valence-corrected chi connectivity index (χ1v) is 8.27. The molecule has 1 heterocycles. The second-order valence-corrected chi connectivity index (χ2v) is 6.51. The first-order valence-electron chi connectivity index (χ1n) is 6.62. The molecule has 0 atom stereocenters. The van der Waals surface area contributed by atoms with Gasteiger partial charge in [0.1, 0.15) is 0 Å². The number of unbranched alkanes of at least 4 members (excludes halogenated alkanes) is 1. The van der Waals surface area contributed by atoms with E-state index in [9.17, 15) is 8.42 Å². The average Bonchev–Trinajstić information content (AvgIpc) is 2.67. The average molecular weight is 288 g/mol. The van der Waals surface area contributed by atoms with Crippen LogP contribution in [0.2, 0.25) is 0 Å². The maximum atomic E-state index is 11.8. The van der Waals surface area contributed by atoms with Gasteiger partial charge in [-0.15, -0.1) is 0 Å². The van der Waals surface area contributed by atoms with Crippen LogP contribution in [0.3, 0.4) is 0 Å². The Morgan fingerprint density at radius 2 is 2.11 bits per heavy atom. The fourth-order valence-electron chi connectivity index (χ4n) is 1.70. The zero-order valence-electron chi connectivity index (χ0n) is 11.9. The van der Waals surface area contributed by atoms with Crippen LogP contribution in [0.5, 0.6) is 0 Å². The van der Waals surface area contributed by atoms with Crippen LogP contribution in [0.4, 0.5) is 0 Å². The third-order valence-electron chi connectivity index (χ3n) is 3.09. The number of rotatable bonds is 9. The van der Waals surface area contributed by atoms with E-state index in [4.69, 9.17) is 0 Å². The summed E-state index contributed by atoms with van der Waals surface area (Å²) in [7, 11) is -1.35. The van der Waals surface area contributed by atoms with Crippen LogP contribution >= 0.6 is 0 Å². The van der Waals surface area contributed by atoms with Gasteiger partial charge < -0.3 is 5.32 Å². The van der Waals surface area contributed by atoms with E-state index in [2.05, 4.69) is 15.1 Å². The van der Waals surface area contributed by atoms with Gasteiger partial charge in [0.15, 0.2) is 0 Å². The highest BCUT2D eigenvalue weighted by Gasteiger charge is 2.11. The summed E-state index contributed by atoms with van der Waals surface area (Å²) in [5, 5.41) is 7.26. The molecule has 0 unspecified atom stereocenters. The second-order valence-electron chi connectivity index (χ2n) is 4.58. The van der Waals surface area contributed by atoms with Gasteiger partial charge in [0.2, 0.25) is 10.0 Å². The van der Waals surface area contributed by atoms with E-state index in [1.165, 1.54) is 0 Å². The van der Waals surface area contributed by atoms with Gasteiger partial charge in [-0.1, -0.05) is 6.92 Å². The summed E-state index contributed by atoms with van der Waals surface area (Å²) in [6.07, 6.45) is 3.25. The summed E-state index contributed by atoms with van der Waals surface area (Å²) >= 11 is 0. The van der Waals surface area contributed by atoms with Crippen molar-refractivity contribution >= 4 is 10.0 Å². The molecule has 1 aromatic rings. The number of nitrogens with zero attached hydrogens (tertiary/aromatic N) is 2. The molecule has 0 bridgehead atoms. The van der Waals surface area contributed by atoms with E-state index < -0.39 is 10.0 Å². The lowest BCUT2D eigenvalue weighted by molar-refractivity contribution is 0.574. The minimum Gasteiger partial charge on any atom is -0.317 e. The maximum Gasteiger partial charge on any atom is 0.211 e. The molecular weight excluding hydrogens is 264 g/mol. The van der Waals surface area contributed by atoms with E-state index in [-0.39, 0.29) is 5.75 Å². The molecular formula is C12H24N4O2S. The molecule has 2 N–H and O–H groups in total. The fraction of sp³-hybridized carbons (Fsp3) is 0.750. The standard InChI is InChI=1S/C12H24N4O2S/c1-4-13-7-5-6-8-19(17,18)15-10-12-9-14-16(3)11(12)2/h9,13,15H,4-8,10H2,1-3H3. The number of hydrogen-bond donors (Lipinski definition) is 2. The topological polar surface area (TPSA) is 76.0 Å². The number of sulfonamides is 1. The Hall–Kier alpha value is -0.920. The largest absolute Gasteiger partial charge is 0.317 e. The highest BCUT2D eigenvalue weighted by molar-refractivity contribution is 7.89. The first kappa shape index (κ1) is 16.1. The van der Waals surface area contributed by atoms with Crippen molar-refractivity contribution in [1.82, 2.24) is 19.8 Å². The van der Waals surface area contributed by atoms with E-state index >= 15 is 0 Å². The highest BCUT2D eigenvalue weighted by Crippen LogP contribution is 2.05. The normalized spacial score (nSPS) is 11.9. The molecule has 0 saturated carbocycles. The molecule has 0 spiro atoms. The van der Waals surface area contributed by atoms with Gasteiger partial charge in [-0.05, 0) is 32.9 Å². The summed E-state index contributed by atoms with van der Waals surface area (Å²) < 4.78 is 27.9. The van der Waals surface area contributed by atoms with Gasteiger partial charge in [-0.3, -0.25) is 4.68 Å². The summed E-state index contributed by atoms with van der Waals surface area (Å²) in [6.45, 7) is 6.07. The van der Waals surface area contributed by atoms with E-state index in [0.29, 0.717) is 13.0 Å². The first-order chi connectivity index (χ1) is 8.96. The monoisotopic (exact) mass is 288 g/mol.